The van der Waals surface area contributed by atoms with E-state index in [1.165, 1.54) is 6.33 Å². The Labute approximate surface area is 178 Å². The molecule has 1 aromatic carbocycles. The van der Waals surface area contributed by atoms with Gasteiger partial charge in [-0.05, 0) is 44.1 Å². The number of allylic oxidation sites excluding steroid dienone is 4. The standard InChI is InChI=1S/C24H28N4O2/c1-6-8-21(30-24-15-22(26-16-27-24)28-17(2)3)9-7-12-25-23(29)14-20-13-18(4)10-11-19(20)5/h6-11,13,15-16H,1-2,12,14H2,3-5H3,(H,25,29)(H,26,27,28)/b9-7-,21-8+. The van der Waals surface area contributed by atoms with Crippen molar-refractivity contribution in [3.8, 4) is 5.88 Å². The molecule has 1 aromatic heterocycles. The molecule has 0 saturated heterocycles. The summed E-state index contributed by atoms with van der Waals surface area (Å²) in [7, 11) is 0. The second-order valence-electron chi connectivity index (χ2n) is 6.87. The van der Waals surface area contributed by atoms with E-state index in [2.05, 4.69) is 33.8 Å². The van der Waals surface area contributed by atoms with Gasteiger partial charge in [0.2, 0.25) is 11.8 Å². The van der Waals surface area contributed by atoms with Crippen LogP contribution >= 0.6 is 0 Å². The van der Waals surface area contributed by atoms with E-state index in [0.29, 0.717) is 30.4 Å². The monoisotopic (exact) mass is 404 g/mol. The molecule has 2 rings (SSSR count). The summed E-state index contributed by atoms with van der Waals surface area (Å²) < 4.78 is 5.78. The van der Waals surface area contributed by atoms with Gasteiger partial charge in [0, 0.05) is 18.3 Å². The third-order valence-electron chi connectivity index (χ3n) is 4.04. The second kappa shape index (κ2) is 11.4. The summed E-state index contributed by atoms with van der Waals surface area (Å²) in [6, 6.07) is 7.79. The third-order valence-corrected chi connectivity index (χ3v) is 4.04. The van der Waals surface area contributed by atoms with Crippen LogP contribution in [-0.2, 0) is 11.2 Å². The number of nitrogens with zero attached hydrogens (tertiary/aromatic N) is 2. The quantitative estimate of drug-likeness (QED) is 0.453. The lowest BCUT2D eigenvalue weighted by atomic mass is 10.0. The molecule has 0 fully saturated rings. The van der Waals surface area contributed by atoms with E-state index in [-0.39, 0.29) is 5.91 Å². The number of rotatable bonds is 10. The zero-order valence-electron chi connectivity index (χ0n) is 17.7. The maximum absolute atomic E-state index is 12.2. The maximum atomic E-state index is 12.2. The van der Waals surface area contributed by atoms with Crippen LogP contribution in [0.5, 0.6) is 5.88 Å². The van der Waals surface area contributed by atoms with Crippen molar-refractivity contribution in [2.75, 3.05) is 11.9 Å². The molecule has 0 saturated carbocycles. The van der Waals surface area contributed by atoms with Crippen LogP contribution in [0.25, 0.3) is 0 Å². The first-order valence-electron chi connectivity index (χ1n) is 9.62. The fourth-order valence-electron chi connectivity index (χ4n) is 2.62. The van der Waals surface area contributed by atoms with Gasteiger partial charge in [-0.15, -0.1) is 0 Å². The third kappa shape index (κ3) is 7.75. The summed E-state index contributed by atoms with van der Waals surface area (Å²) >= 11 is 0. The Kier molecular flexibility index (Phi) is 8.56. The number of aromatic nitrogens is 2. The number of carbonyl (C=O) groups excluding carboxylic acids is 1. The second-order valence-corrected chi connectivity index (χ2v) is 6.87. The minimum Gasteiger partial charge on any atom is -0.439 e. The summed E-state index contributed by atoms with van der Waals surface area (Å²) in [4.78, 5) is 20.4. The predicted octanol–water partition coefficient (Wildman–Crippen LogP) is 4.40. The molecule has 1 heterocycles. The van der Waals surface area contributed by atoms with Gasteiger partial charge in [0.05, 0.1) is 6.42 Å². The number of benzene rings is 1. The van der Waals surface area contributed by atoms with Crippen LogP contribution in [0.3, 0.4) is 0 Å². The highest BCUT2D eigenvalue weighted by molar-refractivity contribution is 5.79. The summed E-state index contributed by atoms with van der Waals surface area (Å²) in [5.74, 6) is 1.47. The molecule has 30 heavy (non-hydrogen) atoms. The minimum absolute atomic E-state index is 0.0326. The van der Waals surface area contributed by atoms with Crippen molar-refractivity contribution >= 4 is 11.7 Å². The van der Waals surface area contributed by atoms with Crippen molar-refractivity contribution in [1.82, 2.24) is 15.3 Å². The van der Waals surface area contributed by atoms with E-state index in [1.807, 2.05) is 45.0 Å². The number of amides is 1. The first kappa shape index (κ1) is 22.6. The van der Waals surface area contributed by atoms with Crippen LogP contribution in [0.2, 0.25) is 0 Å². The van der Waals surface area contributed by atoms with Crippen molar-refractivity contribution in [3.63, 3.8) is 0 Å². The Balaban J connectivity index is 1.91. The van der Waals surface area contributed by atoms with E-state index in [1.54, 1.807) is 24.3 Å². The van der Waals surface area contributed by atoms with Crippen molar-refractivity contribution < 1.29 is 9.53 Å². The predicted molar refractivity (Wildman–Crippen MR) is 121 cm³/mol. The fourth-order valence-corrected chi connectivity index (χ4v) is 2.62. The Morgan fingerprint density at radius 2 is 2.03 bits per heavy atom. The number of hydrogen-bond acceptors (Lipinski definition) is 5. The molecule has 2 aromatic rings. The molecule has 6 nitrogen and oxygen atoms in total. The summed E-state index contributed by atoms with van der Waals surface area (Å²) in [5.41, 5.74) is 4.06. The highest BCUT2D eigenvalue weighted by atomic mass is 16.5. The van der Waals surface area contributed by atoms with Gasteiger partial charge >= 0.3 is 0 Å². The molecule has 1 amide bonds. The van der Waals surface area contributed by atoms with Gasteiger partial charge in [-0.2, -0.15) is 0 Å². The van der Waals surface area contributed by atoms with Crippen molar-refractivity contribution in [3.05, 3.63) is 96.2 Å². The number of hydrogen-bond donors (Lipinski definition) is 2. The van der Waals surface area contributed by atoms with Crippen LogP contribution in [0, 0.1) is 13.8 Å². The molecule has 0 aliphatic heterocycles. The highest BCUT2D eigenvalue weighted by Crippen LogP contribution is 2.16. The number of anilines is 1. The Morgan fingerprint density at radius 3 is 2.77 bits per heavy atom. The number of ether oxygens (including phenoxy) is 1. The summed E-state index contributed by atoms with van der Waals surface area (Å²) in [6.45, 7) is 13.7. The van der Waals surface area contributed by atoms with Crippen molar-refractivity contribution in [2.24, 2.45) is 0 Å². The Morgan fingerprint density at radius 1 is 1.23 bits per heavy atom. The lowest BCUT2D eigenvalue weighted by Crippen LogP contribution is -2.25. The average molecular weight is 405 g/mol. The molecule has 0 radical (unpaired) electrons. The Hall–Kier alpha value is -3.67. The van der Waals surface area contributed by atoms with E-state index in [9.17, 15) is 4.79 Å². The van der Waals surface area contributed by atoms with E-state index >= 15 is 0 Å². The normalized spacial score (nSPS) is 11.2. The number of carbonyl (C=O) groups is 1. The SMILES string of the molecule is C=C/C=C(\C=C/CNC(=O)Cc1cc(C)ccc1C)Oc1cc(NC(=C)C)ncn1. The van der Waals surface area contributed by atoms with Gasteiger partial charge in [0.25, 0.3) is 0 Å². The molecule has 0 spiro atoms. The molecule has 0 unspecified atom stereocenters. The molecule has 156 valence electrons. The van der Waals surface area contributed by atoms with E-state index in [0.717, 1.165) is 22.4 Å². The average Bonchev–Trinajstić information content (AvgIpc) is 2.68. The fraction of sp³-hybridized carbons (Fsp3) is 0.208. The first-order chi connectivity index (χ1) is 14.4. The number of aryl methyl sites for hydroxylation is 2. The molecular weight excluding hydrogens is 376 g/mol. The highest BCUT2D eigenvalue weighted by Gasteiger charge is 2.06. The molecule has 0 bridgehead atoms. The van der Waals surface area contributed by atoms with Crippen LogP contribution < -0.4 is 15.4 Å². The smallest absolute Gasteiger partial charge is 0.224 e. The van der Waals surface area contributed by atoms with Gasteiger partial charge in [-0.1, -0.05) is 49.1 Å². The van der Waals surface area contributed by atoms with E-state index in [4.69, 9.17) is 4.74 Å². The van der Waals surface area contributed by atoms with Crippen molar-refractivity contribution in [1.29, 1.82) is 0 Å². The van der Waals surface area contributed by atoms with Gasteiger partial charge in [-0.3, -0.25) is 4.79 Å². The molecule has 6 heteroatoms. The maximum Gasteiger partial charge on any atom is 0.224 e. The molecule has 2 N–H and O–H groups in total. The van der Waals surface area contributed by atoms with Crippen LogP contribution in [0.15, 0.2) is 79.5 Å². The Bertz CT molecular complexity index is 977. The van der Waals surface area contributed by atoms with E-state index < -0.39 is 0 Å². The minimum atomic E-state index is -0.0326. The zero-order chi connectivity index (χ0) is 21.9. The van der Waals surface area contributed by atoms with Crippen molar-refractivity contribution in [2.45, 2.75) is 27.2 Å². The van der Waals surface area contributed by atoms with Gasteiger partial charge in [0.1, 0.15) is 17.9 Å². The largest absolute Gasteiger partial charge is 0.439 e. The summed E-state index contributed by atoms with van der Waals surface area (Å²) in [5, 5.41) is 5.90. The van der Waals surface area contributed by atoms with Crippen LogP contribution in [-0.4, -0.2) is 22.4 Å². The number of nitrogens with one attached hydrogen (secondary N) is 2. The van der Waals surface area contributed by atoms with Gasteiger partial charge in [-0.25, -0.2) is 9.97 Å². The lowest BCUT2D eigenvalue weighted by Gasteiger charge is -2.08. The lowest BCUT2D eigenvalue weighted by molar-refractivity contribution is -0.120. The van der Waals surface area contributed by atoms with Crippen LogP contribution in [0.1, 0.15) is 23.6 Å². The first-order valence-corrected chi connectivity index (χ1v) is 9.62. The topological polar surface area (TPSA) is 76.1 Å². The molecular formula is C24H28N4O2. The van der Waals surface area contributed by atoms with Gasteiger partial charge in [0.15, 0.2) is 0 Å². The molecule has 0 aliphatic rings. The van der Waals surface area contributed by atoms with Gasteiger partial charge < -0.3 is 15.4 Å². The summed E-state index contributed by atoms with van der Waals surface area (Å²) in [6.07, 6.45) is 8.66. The zero-order valence-corrected chi connectivity index (χ0v) is 17.7. The molecule has 0 aliphatic carbocycles. The van der Waals surface area contributed by atoms with Crippen LogP contribution in [0.4, 0.5) is 5.82 Å². The molecule has 0 atom stereocenters.